The molecule has 0 aliphatic carbocycles. The molecule has 0 aliphatic heterocycles. The molecule has 1 heterocycles. The average Bonchev–Trinajstić information content (AvgIpc) is 2.73. The van der Waals surface area contributed by atoms with Gasteiger partial charge in [-0.1, -0.05) is 44.2 Å². The number of hydrogen-bond acceptors (Lipinski definition) is 3. The number of fused-ring (bicyclic) bond motifs is 1. The number of carboxylic acid groups (broad SMARTS) is 1. The summed E-state index contributed by atoms with van der Waals surface area (Å²) in [6.07, 6.45) is 1.01. The van der Waals surface area contributed by atoms with Crippen LogP contribution in [0.15, 0.2) is 58.2 Å². The zero-order valence-corrected chi connectivity index (χ0v) is 20.5. The highest BCUT2D eigenvalue weighted by Crippen LogP contribution is 2.34. The third-order valence-electron chi connectivity index (χ3n) is 5.54. The highest BCUT2D eigenvalue weighted by Gasteiger charge is 2.29. The van der Waals surface area contributed by atoms with Crippen molar-refractivity contribution in [2.24, 2.45) is 5.92 Å². The van der Waals surface area contributed by atoms with Gasteiger partial charge in [-0.2, -0.15) is 0 Å². The van der Waals surface area contributed by atoms with E-state index in [1.807, 2.05) is 69.5 Å². The molecule has 3 aromatic rings. The van der Waals surface area contributed by atoms with Crippen LogP contribution in [-0.2, 0) is 13.1 Å². The molecule has 1 aromatic heterocycles. The number of amides is 1. The van der Waals surface area contributed by atoms with Crippen LogP contribution in [-0.4, -0.2) is 32.5 Å². The minimum absolute atomic E-state index is 0.0738. The smallest absolute Gasteiger partial charge is 0.408 e. The van der Waals surface area contributed by atoms with Crippen LogP contribution < -0.4 is 5.56 Å². The first-order valence-corrected chi connectivity index (χ1v) is 12.1. The molecule has 2 aromatic carbocycles. The van der Waals surface area contributed by atoms with Crippen LogP contribution in [0.5, 0.6) is 0 Å². The van der Waals surface area contributed by atoms with Crippen LogP contribution in [0, 0.1) is 5.92 Å². The van der Waals surface area contributed by atoms with Crippen molar-refractivity contribution in [1.82, 2.24) is 9.47 Å². The fourth-order valence-corrected chi connectivity index (χ4v) is 4.43. The number of rotatable bonds is 6. The normalized spacial score (nSPS) is 11.8. The largest absolute Gasteiger partial charge is 0.465 e. The number of aromatic nitrogens is 1. The first-order valence-electron chi connectivity index (χ1n) is 10.8. The van der Waals surface area contributed by atoms with Crippen molar-refractivity contribution in [3.63, 3.8) is 0 Å². The number of pyridine rings is 1. The summed E-state index contributed by atoms with van der Waals surface area (Å²) in [6, 6.07) is 15.9. The zero-order valence-electron chi connectivity index (χ0n) is 19.7. The van der Waals surface area contributed by atoms with Gasteiger partial charge in [-0.25, -0.2) is 4.79 Å². The fraction of sp³-hybridized carbons (Fsp3) is 0.385. The van der Waals surface area contributed by atoms with Gasteiger partial charge >= 0.3 is 6.09 Å². The molecule has 0 bridgehead atoms. The second kappa shape index (κ2) is 9.41. The van der Waals surface area contributed by atoms with Crippen LogP contribution in [0.2, 0.25) is 0 Å². The van der Waals surface area contributed by atoms with Gasteiger partial charge in [-0.3, -0.25) is 9.69 Å². The second-order valence-electron chi connectivity index (χ2n) is 9.45. The molecule has 32 heavy (non-hydrogen) atoms. The zero-order chi connectivity index (χ0) is 23.6. The molecule has 6 heteroatoms. The van der Waals surface area contributed by atoms with E-state index in [1.165, 1.54) is 4.90 Å². The first-order chi connectivity index (χ1) is 15.0. The SMILES string of the molecule is CSc1ccc2c(=O)n(CC(C)C)c(CN(C(=O)O)C(C)(C)C)c(-c3ccccc3)c2c1. The van der Waals surface area contributed by atoms with Crippen molar-refractivity contribution in [2.45, 2.75) is 58.1 Å². The molecule has 1 amide bonds. The number of nitrogens with zero attached hydrogens (tertiary/aromatic N) is 2. The summed E-state index contributed by atoms with van der Waals surface area (Å²) in [5.74, 6) is 0.228. The van der Waals surface area contributed by atoms with Gasteiger partial charge in [0.2, 0.25) is 0 Å². The highest BCUT2D eigenvalue weighted by molar-refractivity contribution is 7.98. The van der Waals surface area contributed by atoms with E-state index in [-0.39, 0.29) is 18.0 Å². The molecule has 0 spiro atoms. The number of thioether (sulfide) groups is 1. The molecule has 0 radical (unpaired) electrons. The number of carbonyl (C=O) groups is 1. The second-order valence-corrected chi connectivity index (χ2v) is 10.3. The number of hydrogen-bond donors (Lipinski definition) is 1. The van der Waals surface area contributed by atoms with Crippen molar-refractivity contribution < 1.29 is 9.90 Å². The van der Waals surface area contributed by atoms with Crippen LogP contribution in [0.3, 0.4) is 0 Å². The minimum atomic E-state index is -1.00. The Bertz CT molecular complexity index is 1180. The van der Waals surface area contributed by atoms with Crippen molar-refractivity contribution in [3.05, 3.63) is 64.6 Å². The lowest BCUT2D eigenvalue weighted by Crippen LogP contribution is -2.45. The van der Waals surface area contributed by atoms with Gasteiger partial charge in [0.15, 0.2) is 0 Å². The molecule has 0 atom stereocenters. The quantitative estimate of drug-likeness (QED) is 0.444. The summed E-state index contributed by atoms with van der Waals surface area (Å²) in [7, 11) is 0. The minimum Gasteiger partial charge on any atom is -0.465 e. The Morgan fingerprint density at radius 2 is 1.75 bits per heavy atom. The van der Waals surface area contributed by atoms with E-state index in [0.717, 1.165) is 27.1 Å². The van der Waals surface area contributed by atoms with Crippen LogP contribution >= 0.6 is 11.8 Å². The van der Waals surface area contributed by atoms with E-state index in [1.54, 1.807) is 16.3 Å². The Hall–Kier alpha value is -2.73. The van der Waals surface area contributed by atoms with Crippen molar-refractivity contribution >= 4 is 28.6 Å². The van der Waals surface area contributed by atoms with Gasteiger partial charge in [0.1, 0.15) is 0 Å². The molecular formula is C26H32N2O3S. The van der Waals surface area contributed by atoms with Crippen molar-refractivity contribution in [2.75, 3.05) is 6.26 Å². The summed E-state index contributed by atoms with van der Waals surface area (Å²) in [5.41, 5.74) is 1.94. The third kappa shape index (κ3) is 4.85. The molecule has 170 valence electrons. The number of benzene rings is 2. The Labute approximate surface area is 194 Å². The van der Waals surface area contributed by atoms with Gasteiger partial charge in [0.05, 0.1) is 6.54 Å². The van der Waals surface area contributed by atoms with Crippen LogP contribution in [0.4, 0.5) is 4.79 Å². The monoisotopic (exact) mass is 452 g/mol. The molecule has 0 saturated heterocycles. The molecule has 0 aliphatic rings. The first kappa shape index (κ1) is 23.9. The lowest BCUT2D eigenvalue weighted by atomic mass is 9.95. The Morgan fingerprint density at radius 3 is 2.28 bits per heavy atom. The van der Waals surface area contributed by atoms with E-state index in [4.69, 9.17) is 0 Å². The molecule has 3 rings (SSSR count). The average molecular weight is 453 g/mol. The molecular weight excluding hydrogens is 420 g/mol. The lowest BCUT2D eigenvalue weighted by molar-refractivity contribution is 0.0937. The van der Waals surface area contributed by atoms with Gasteiger partial charge in [-0.05, 0) is 62.1 Å². The fourth-order valence-electron chi connectivity index (χ4n) is 3.99. The molecule has 5 nitrogen and oxygen atoms in total. The van der Waals surface area contributed by atoms with Crippen LogP contribution in [0.1, 0.15) is 40.3 Å². The maximum Gasteiger partial charge on any atom is 0.408 e. The standard InChI is InChI=1S/C26H32N2O3S/c1-17(2)15-27-22(16-28(25(30)31)26(3,4)5)23(18-10-8-7-9-11-18)21-14-19(32-6)12-13-20(21)24(27)29/h7-14,17H,15-16H2,1-6H3,(H,30,31). The van der Waals surface area contributed by atoms with Gasteiger partial charge in [0, 0.05) is 33.6 Å². The topological polar surface area (TPSA) is 62.5 Å². The third-order valence-corrected chi connectivity index (χ3v) is 6.27. The Morgan fingerprint density at radius 1 is 1.09 bits per heavy atom. The van der Waals surface area contributed by atoms with E-state index < -0.39 is 11.6 Å². The Kier molecular flexibility index (Phi) is 7.03. The predicted molar refractivity (Wildman–Crippen MR) is 134 cm³/mol. The van der Waals surface area contributed by atoms with E-state index in [0.29, 0.717) is 11.9 Å². The summed E-state index contributed by atoms with van der Waals surface area (Å²) in [6.45, 7) is 10.4. The van der Waals surface area contributed by atoms with E-state index in [2.05, 4.69) is 19.9 Å². The van der Waals surface area contributed by atoms with Crippen molar-refractivity contribution in [1.29, 1.82) is 0 Å². The maximum atomic E-state index is 13.7. The van der Waals surface area contributed by atoms with Gasteiger partial charge in [-0.15, -0.1) is 11.8 Å². The summed E-state index contributed by atoms with van der Waals surface area (Å²) in [5, 5.41) is 11.5. The molecule has 0 unspecified atom stereocenters. The summed E-state index contributed by atoms with van der Waals surface area (Å²) < 4.78 is 1.79. The van der Waals surface area contributed by atoms with E-state index in [9.17, 15) is 14.7 Å². The van der Waals surface area contributed by atoms with Crippen LogP contribution in [0.25, 0.3) is 21.9 Å². The Balaban J connectivity index is 2.47. The van der Waals surface area contributed by atoms with Crippen molar-refractivity contribution in [3.8, 4) is 11.1 Å². The molecule has 1 N–H and O–H groups in total. The van der Waals surface area contributed by atoms with Gasteiger partial charge < -0.3 is 9.67 Å². The molecule has 0 saturated carbocycles. The summed E-state index contributed by atoms with van der Waals surface area (Å²) in [4.78, 5) is 28.3. The molecule has 0 fully saturated rings. The highest BCUT2D eigenvalue weighted by atomic mass is 32.2. The predicted octanol–water partition coefficient (Wildman–Crippen LogP) is 6.32. The summed E-state index contributed by atoms with van der Waals surface area (Å²) >= 11 is 1.62. The maximum absolute atomic E-state index is 13.7. The van der Waals surface area contributed by atoms with E-state index >= 15 is 0 Å². The van der Waals surface area contributed by atoms with Gasteiger partial charge in [0.25, 0.3) is 5.56 Å². The lowest BCUT2D eigenvalue weighted by Gasteiger charge is -2.35.